The Kier molecular flexibility index (Phi) is 4.86. The zero-order chi connectivity index (χ0) is 12.1. The van der Waals surface area contributed by atoms with Crippen LogP contribution in [0.5, 0.6) is 0 Å². The van der Waals surface area contributed by atoms with Gasteiger partial charge < -0.3 is 10.5 Å². The lowest BCUT2D eigenvalue weighted by Gasteiger charge is -2.07. The van der Waals surface area contributed by atoms with Crippen molar-refractivity contribution in [1.82, 2.24) is 0 Å². The van der Waals surface area contributed by atoms with Gasteiger partial charge in [0.1, 0.15) is 5.82 Å². The largest absolute Gasteiger partial charge is 0.380 e. The molecule has 5 heteroatoms. The number of halogens is 2. The first kappa shape index (κ1) is 13.1. The van der Waals surface area contributed by atoms with Crippen LogP contribution in [0, 0.1) is 5.82 Å². The fourth-order valence-electron chi connectivity index (χ4n) is 1.32. The summed E-state index contributed by atoms with van der Waals surface area (Å²) in [6.07, 6.45) is 0.180. The average molecular weight is 246 g/mol. The summed E-state index contributed by atoms with van der Waals surface area (Å²) in [7, 11) is 1.45. The van der Waals surface area contributed by atoms with Crippen LogP contribution in [-0.4, -0.2) is 19.4 Å². The number of carbonyl (C=O) groups is 1. The Labute approximate surface area is 98.3 Å². The van der Waals surface area contributed by atoms with Gasteiger partial charge in [0, 0.05) is 29.7 Å². The Hall–Kier alpha value is -0.970. The van der Waals surface area contributed by atoms with E-state index in [0.29, 0.717) is 0 Å². The average Bonchev–Trinajstić information content (AvgIpc) is 2.23. The van der Waals surface area contributed by atoms with Gasteiger partial charge in [0.25, 0.3) is 0 Å². The van der Waals surface area contributed by atoms with Crippen molar-refractivity contribution in [3.8, 4) is 0 Å². The van der Waals surface area contributed by atoms with E-state index < -0.39 is 5.82 Å². The highest BCUT2D eigenvalue weighted by atomic mass is 35.5. The molecular weight excluding hydrogens is 233 g/mol. The van der Waals surface area contributed by atoms with Gasteiger partial charge >= 0.3 is 0 Å². The number of methoxy groups -OCH3 is 1. The zero-order valence-electron chi connectivity index (χ0n) is 8.93. The van der Waals surface area contributed by atoms with Crippen LogP contribution in [-0.2, 0) is 11.3 Å². The highest BCUT2D eigenvalue weighted by Gasteiger charge is 2.13. The monoisotopic (exact) mass is 245 g/mol. The highest BCUT2D eigenvalue weighted by Crippen LogP contribution is 2.23. The van der Waals surface area contributed by atoms with E-state index in [1.807, 2.05) is 0 Å². The molecule has 1 rings (SSSR count). The summed E-state index contributed by atoms with van der Waals surface area (Å²) in [4.78, 5) is 11.5. The summed E-state index contributed by atoms with van der Waals surface area (Å²) in [6.45, 7) is 0.313. The van der Waals surface area contributed by atoms with Crippen molar-refractivity contribution >= 4 is 17.4 Å². The Balaban J connectivity index is 3.04. The number of rotatable bonds is 5. The molecule has 0 saturated carbocycles. The van der Waals surface area contributed by atoms with E-state index in [4.69, 9.17) is 22.1 Å². The van der Waals surface area contributed by atoms with Crippen molar-refractivity contribution < 1.29 is 13.9 Å². The van der Waals surface area contributed by atoms with Crippen LogP contribution in [0.3, 0.4) is 0 Å². The van der Waals surface area contributed by atoms with E-state index in [1.54, 1.807) is 0 Å². The fraction of sp³-hybridized carbons (Fsp3) is 0.364. The number of Topliss-reactive ketones (excluding diaryl/α,β-unsaturated/α-hetero) is 1. The van der Waals surface area contributed by atoms with Gasteiger partial charge in [-0.15, -0.1) is 0 Å². The van der Waals surface area contributed by atoms with E-state index in [-0.39, 0.29) is 41.5 Å². The van der Waals surface area contributed by atoms with E-state index in [1.165, 1.54) is 13.2 Å². The first-order valence-electron chi connectivity index (χ1n) is 4.80. The van der Waals surface area contributed by atoms with Crippen molar-refractivity contribution in [3.63, 3.8) is 0 Å². The third-order valence-corrected chi connectivity index (χ3v) is 2.46. The molecule has 1 aromatic rings. The van der Waals surface area contributed by atoms with Crippen molar-refractivity contribution in [2.45, 2.75) is 13.0 Å². The SMILES string of the molecule is COCc1c(F)cc(C(=O)CCN)cc1Cl. The molecule has 0 aromatic heterocycles. The predicted molar refractivity (Wildman–Crippen MR) is 60.1 cm³/mol. The highest BCUT2D eigenvalue weighted by molar-refractivity contribution is 6.31. The molecule has 0 radical (unpaired) electrons. The topological polar surface area (TPSA) is 52.3 Å². The number of hydrogen-bond acceptors (Lipinski definition) is 3. The normalized spacial score (nSPS) is 10.5. The predicted octanol–water partition coefficient (Wildman–Crippen LogP) is 2.16. The van der Waals surface area contributed by atoms with E-state index >= 15 is 0 Å². The molecule has 0 fully saturated rings. The van der Waals surface area contributed by atoms with Gasteiger partial charge in [0.05, 0.1) is 6.61 Å². The number of ketones is 1. The molecule has 0 aliphatic heterocycles. The molecule has 0 bridgehead atoms. The molecule has 3 nitrogen and oxygen atoms in total. The summed E-state index contributed by atoms with van der Waals surface area (Å²) in [5.74, 6) is -0.748. The summed E-state index contributed by atoms with van der Waals surface area (Å²) in [6, 6.07) is 2.61. The zero-order valence-corrected chi connectivity index (χ0v) is 9.68. The minimum atomic E-state index is -0.533. The first-order chi connectivity index (χ1) is 7.60. The molecule has 0 aliphatic rings. The molecule has 1 aromatic carbocycles. The molecule has 88 valence electrons. The maximum Gasteiger partial charge on any atom is 0.164 e. The summed E-state index contributed by atoms with van der Waals surface area (Å²) in [5, 5.41) is 0.197. The molecule has 0 amide bonds. The minimum absolute atomic E-state index is 0.0794. The molecule has 0 aliphatic carbocycles. The van der Waals surface area contributed by atoms with Gasteiger partial charge in [-0.05, 0) is 18.7 Å². The van der Waals surface area contributed by atoms with Crippen LogP contribution in [0.25, 0.3) is 0 Å². The third-order valence-electron chi connectivity index (χ3n) is 2.12. The van der Waals surface area contributed by atoms with Gasteiger partial charge in [-0.25, -0.2) is 4.39 Å². The van der Waals surface area contributed by atoms with Crippen LogP contribution in [0.15, 0.2) is 12.1 Å². The molecule has 0 saturated heterocycles. The van der Waals surface area contributed by atoms with Crippen LogP contribution >= 0.6 is 11.6 Å². The Morgan fingerprint density at radius 2 is 2.25 bits per heavy atom. The molecule has 0 spiro atoms. The second-order valence-corrected chi connectivity index (χ2v) is 3.72. The number of carbonyl (C=O) groups excluding carboxylic acids is 1. The van der Waals surface area contributed by atoms with E-state index in [9.17, 15) is 9.18 Å². The first-order valence-corrected chi connectivity index (χ1v) is 5.18. The number of benzene rings is 1. The molecule has 16 heavy (non-hydrogen) atoms. The lowest BCUT2D eigenvalue weighted by Crippen LogP contribution is -2.09. The number of nitrogens with two attached hydrogens (primary N) is 1. The Bertz CT molecular complexity index is 373. The van der Waals surface area contributed by atoms with Crippen molar-refractivity contribution in [2.24, 2.45) is 5.73 Å². The van der Waals surface area contributed by atoms with Crippen molar-refractivity contribution in [2.75, 3.05) is 13.7 Å². The Morgan fingerprint density at radius 1 is 1.56 bits per heavy atom. The smallest absolute Gasteiger partial charge is 0.164 e. The van der Waals surface area contributed by atoms with Crippen molar-refractivity contribution in [3.05, 3.63) is 34.1 Å². The Morgan fingerprint density at radius 3 is 2.75 bits per heavy atom. The number of hydrogen-bond donors (Lipinski definition) is 1. The lowest BCUT2D eigenvalue weighted by molar-refractivity contribution is 0.0985. The summed E-state index contributed by atoms with van der Waals surface area (Å²) >= 11 is 5.85. The lowest BCUT2D eigenvalue weighted by atomic mass is 10.1. The third kappa shape index (κ3) is 3.01. The van der Waals surface area contributed by atoms with Gasteiger partial charge in [-0.2, -0.15) is 0 Å². The fourth-order valence-corrected chi connectivity index (χ4v) is 1.58. The summed E-state index contributed by atoms with van der Waals surface area (Å²) < 4.78 is 18.4. The maximum absolute atomic E-state index is 13.6. The standard InChI is InChI=1S/C11H13ClFNO2/c1-16-6-8-9(12)4-7(5-10(8)13)11(15)2-3-14/h4-5H,2-3,6,14H2,1H3. The van der Waals surface area contributed by atoms with Crippen LogP contribution in [0.4, 0.5) is 4.39 Å². The van der Waals surface area contributed by atoms with Gasteiger partial charge in [0.15, 0.2) is 5.78 Å². The second-order valence-electron chi connectivity index (χ2n) is 3.31. The minimum Gasteiger partial charge on any atom is -0.380 e. The van der Waals surface area contributed by atoms with Crippen LogP contribution in [0.2, 0.25) is 5.02 Å². The van der Waals surface area contributed by atoms with Crippen molar-refractivity contribution in [1.29, 1.82) is 0 Å². The quantitative estimate of drug-likeness (QED) is 0.809. The second kappa shape index (κ2) is 5.94. The summed E-state index contributed by atoms with van der Waals surface area (Å²) in [5.41, 5.74) is 5.75. The van der Waals surface area contributed by atoms with Gasteiger partial charge in [-0.1, -0.05) is 11.6 Å². The van der Waals surface area contributed by atoms with Gasteiger partial charge in [0.2, 0.25) is 0 Å². The molecule has 0 unspecified atom stereocenters. The van der Waals surface area contributed by atoms with E-state index in [0.717, 1.165) is 6.07 Å². The van der Waals surface area contributed by atoms with Gasteiger partial charge in [-0.3, -0.25) is 4.79 Å². The molecular formula is C11H13ClFNO2. The number of ether oxygens (including phenoxy) is 1. The van der Waals surface area contributed by atoms with E-state index in [2.05, 4.69) is 0 Å². The molecule has 2 N–H and O–H groups in total. The van der Waals surface area contributed by atoms with Crippen LogP contribution in [0.1, 0.15) is 22.3 Å². The molecule has 0 heterocycles. The molecule has 0 atom stereocenters. The maximum atomic E-state index is 13.6. The van der Waals surface area contributed by atoms with Crippen LogP contribution < -0.4 is 5.73 Å².